The van der Waals surface area contributed by atoms with Crippen molar-refractivity contribution in [2.24, 2.45) is 0 Å². The summed E-state index contributed by atoms with van der Waals surface area (Å²) in [7, 11) is 1.72. The molecule has 0 amide bonds. The van der Waals surface area contributed by atoms with Gasteiger partial charge in [0, 0.05) is 16.6 Å². The highest BCUT2D eigenvalue weighted by atomic mass is 79.9. The lowest BCUT2D eigenvalue weighted by Gasteiger charge is -2.10. The van der Waals surface area contributed by atoms with E-state index in [1.807, 2.05) is 0 Å². The van der Waals surface area contributed by atoms with Crippen molar-refractivity contribution in [3.63, 3.8) is 0 Å². The first-order valence-corrected chi connectivity index (χ1v) is 6.17. The zero-order valence-corrected chi connectivity index (χ0v) is 11.5. The van der Waals surface area contributed by atoms with E-state index in [1.54, 1.807) is 13.1 Å². The zero-order valence-electron chi connectivity index (χ0n) is 9.88. The topological polar surface area (TPSA) is 38.1 Å². The standard InChI is InChI=1S/C12H10BrF3N2O/c1-17-5-10-11(19-6-18-10)7-2-3-9(13)8(4-7)12(14,15)16/h2-4,6,17H,5H2,1H3. The summed E-state index contributed by atoms with van der Waals surface area (Å²) in [4.78, 5) is 3.97. The van der Waals surface area contributed by atoms with Crippen LogP contribution in [0.25, 0.3) is 11.3 Å². The molecular formula is C12H10BrF3N2O. The Balaban J connectivity index is 2.49. The highest BCUT2D eigenvalue weighted by Crippen LogP contribution is 2.37. The maximum absolute atomic E-state index is 12.8. The number of oxazole rings is 1. The number of benzene rings is 1. The Morgan fingerprint density at radius 1 is 1.37 bits per heavy atom. The van der Waals surface area contributed by atoms with Crippen LogP contribution in [0.3, 0.4) is 0 Å². The molecule has 0 saturated carbocycles. The van der Waals surface area contributed by atoms with Gasteiger partial charge in [-0.1, -0.05) is 22.0 Å². The quantitative estimate of drug-likeness (QED) is 0.926. The first-order valence-electron chi connectivity index (χ1n) is 5.37. The van der Waals surface area contributed by atoms with Gasteiger partial charge in [-0.25, -0.2) is 4.98 Å². The SMILES string of the molecule is CNCc1ncoc1-c1ccc(Br)c(C(F)(F)F)c1. The van der Waals surface area contributed by atoms with Crippen molar-refractivity contribution >= 4 is 15.9 Å². The number of aromatic nitrogens is 1. The maximum atomic E-state index is 12.8. The molecule has 1 aromatic carbocycles. The van der Waals surface area contributed by atoms with Crippen molar-refractivity contribution in [3.8, 4) is 11.3 Å². The Hall–Kier alpha value is -1.34. The molecule has 0 spiro atoms. The van der Waals surface area contributed by atoms with Crippen molar-refractivity contribution < 1.29 is 17.6 Å². The van der Waals surface area contributed by atoms with Crippen LogP contribution in [0.15, 0.2) is 33.5 Å². The fourth-order valence-corrected chi connectivity index (χ4v) is 2.15. The number of halogens is 4. The third-order valence-corrected chi connectivity index (χ3v) is 3.21. The number of alkyl halides is 3. The van der Waals surface area contributed by atoms with Crippen LogP contribution in [0, 0.1) is 0 Å². The molecule has 0 aliphatic carbocycles. The van der Waals surface area contributed by atoms with Crippen LogP contribution < -0.4 is 5.32 Å². The summed E-state index contributed by atoms with van der Waals surface area (Å²) in [5, 5.41) is 2.88. The number of nitrogens with zero attached hydrogens (tertiary/aromatic N) is 1. The summed E-state index contributed by atoms with van der Waals surface area (Å²) < 4.78 is 43.7. The molecule has 102 valence electrons. The summed E-state index contributed by atoms with van der Waals surface area (Å²) in [6.45, 7) is 0.420. The van der Waals surface area contributed by atoms with Crippen molar-refractivity contribution in [2.45, 2.75) is 12.7 Å². The molecule has 7 heteroatoms. The van der Waals surface area contributed by atoms with Gasteiger partial charge in [-0.3, -0.25) is 0 Å². The van der Waals surface area contributed by atoms with Gasteiger partial charge in [-0.15, -0.1) is 0 Å². The Morgan fingerprint density at radius 3 is 2.74 bits per heavy atom. The maximum Gasteiger partial charge on any atom is 0.417 e. The van der Waals surface area contributed by atoms with E-state index in [-0.39, 0.29) is 4.47 Å². The predicted molar refractivity (Wildman–Crippen MR) is 67.4 cm³/mol. The first-order chi connectivity index (χ1) is 8.93. The average Bonchev–Trinajstić information content (AvgIpc) is 2.77. The average molecular weight is 335 g/mol. The van der Waals surface area contributed by atoms with Gasteiger partial charge in [0.1, 0.15) is 5.69 Å². The minimum absolute atomic E-state index is 0.00145. The number of hydrogen-bond donors (Lipinski definition) is 1. The fourth-order valence-electron chi connectivity index (χ4n) is 1.68. The molecule has 19 heavy (non-hydrogen) atoms. The van der Waals surface area contributed by atoms with E-state index >= 15 is 0 Å². The molecule has 2 aromatic rings. The van der Waals surface area contributed by atoms with Crippen LogP contribution in [0.5, 0.6) is 0 Å². The normalized spacial score (nSPS) is 11.8. The fraction of sp³-hybridized carbons (Fsp3) is 0.250. The van der Waals surface area contributed by atoms with E-state index in [1.165, 1.54) is 12.5 Å². The van der Waals surface area contributed by atoms with Gasteiger partial charge in [-0.2, -0.15) is 13.2 Å². The van der Waals surface area contributed by atoms with Crippen LogP contribution in [0.4, 0.5) is 13.2 Å². The van der Waals surface area contributed by atoms with Crippen LogP contribution in [-0.4, -0.2) is 12.0 Å². The molecule has 1 heterocycles. The third-order valence-electron chi connectivity index (χ3n) is 2.52. The summed E-state index contributed by atoms with van der Waals surface area (Å²) in [6.07, 6.45) is -3.20. The molecule has 0 unspecified atom stereocenters. The minimum Gasteiger partial charge on any atom is -0.443 e. The predicted octanol–water partition coefficient (Wildman–Crippen LogP) is 3.84. The molecular weight excluding hydrogens is 325 g/mol. The van der Waals surface area contributed by atoms with Gasteiger partial charge in [0.25, 0.3) is 0 Å². The molecule has 1 N–H and O–H groups in total. The lowest BCUT2D eigenvalue weighted by atomic mass is 10.1. The molecule has 0 bridgehead atoms. The van der Waals surface area contributed by atoms with Crippen LogP contribution in [0.1, 0.15) is 11.3 Å². The van der Waals surface area contributed by atoms with Crippen molar-refractivity contribution in [2.75, 3.05) is 7.05 Å². The second-order valence-corrected chi connectivity index (χ2v) is 4.71. The Bertz CT molecular complexity index is 581. The second-order valence-electron chi connectivity index (χ2n) is 3.85. The van der Waals surface area contributed by atoms with E-state index in [9.17, 15) is 13.2 Å². The lowest BCUT2D eigenvalue weighted by molar-refractivity contribution is -0.138. The minimum atomic E-state index is -4.42. The van der Waals surface area contributed by atoms with Crippen molar-refractivity contribution in [1.82, 2.24) is 10.3 Å². The van der Waals surface area contributed by atoms with E-state index in [0.717, 1.165) is 6.07 Å². The largest absolute Gasteiger partial charge is 0.443 e. The zero-order chi connectivity index (χ0) is 14.0. The van der Waals surface area contributed by atoms with Gasteiger partial charge in [0.15, 0.2) is 12.2 Å². The highest BCUT2D eigenvalue weighted by molar-refractivity contribution is 9.10. The highest BCUT2D eigenvalue weighted by Gasteiger charge is 2.33. The number of hydrogen-bond acceptors (Lipinski definition) is 3. The molecule has 0 aliphatic heterocycles. The first kappa shape index (κ1) is 14.1. The van der Waals surface area contributed by atoms with Gasteiger partial charge in [0.05, 0.1) is 5.56 Å². The summed E-state index contributed by atoms with van der Waals surface area (Å²) in [6, 6.07) is 3.95. The van der Waals surface area contributed by atoms with Gasteiger partial charge >= 0.3 is 6.18 Å². The summed E-state index contributed by atoms with van der Waals surface area (Å²) in [5.41, 5.74) is 0.174. The van der Waals surface area contributed by atoms with E-state index in [2.05, 4.69) is 26.2 Å². The van der Waals surface area contributed by atoms with Crippen molar-refractivity contribution in [3.05, 3.63) is 40.3 Å². The molecule has 0 atom stereocenters. The van der Waals surface area contributed by atoms with Gasteiger partial charge in [0.2, 0.25) is 0 Å². The summed E-state index contributed by atoms with van der Waals surface area (Å²) in [5.74, 6) is 0.340. The van der Waals surface area contributed by atoms with E-state index in [4.69, 9.17) is 4.42 Å². The molecule has 1 aromatic heterocycles. The Labute approximate surface area is 116 Å². The molecule has 2 rings (SSSR count). The summed E-state index contributed by atoms with van der Waals surface area (Å²) >= 11 is 2.90. The molecule has 0 saturated heterocycles. The second kappa shape index (κ2) is 5.34. The molecule has 0 fully saturated rings. The lowest BCUT2D eigenvalue weighted by Crippen LogP contribution is -2.08. The van der Waals surface area contributed by atoms with Gasteiger partial charge < -0.3 is 9.73 Å². The number of nitrogens with one attached hydrogen (secondary N) is 1. The molecule has 0 aliphatic rings. The van der Waals surface area contributed by atoms with Crippen LogP contribution in [0.2, 0.25) is 0 Å². The van der Waals surface area contributed by atoms with Crippen molar-refractivity contribution in [1.29, 1.82) is 0 Å². The van der Waals surface area contributed by atoms with Crippen LogP contribution in [-0.2, 0) is 12.7 Å². The van der Waals surface area contributed by atoms with Gasteiger partial charge in [-0.05, 0) is 19.2 Å². The van der Waals surface area contributed by atoms with Crippen LogP contribution >= 0.6 is 15.9 Å². The van der Waals surface area contributed by atoms with E-state index < -0.39 is 11.7 Å². The molecule has 0 radical (unpaired) electrons. The Morgan fingerprint density at radius 2 is 2.11 bits per heavy atom. The Kier molecular flexibility index (Phi) is 3.96. The third kappa shape index (κ3) is 2.98. The number of rotatable bonds is 3. The monoisotopic (exact) mass is 334 g/mol. The van der Waals surface area contributed by atoms with E-state index in [0.29, 0.717) is 23.6 Å². The smallest absolute Gasteiger partial charge is 0.417 e. The molecule has 3 nitrogen and oxygen atoms in total.